The molecule has 0 spiro atoms. The molecule has 0 bridgehead atoms. The van der Waals surface area contributed by atoms with Crippen molar-refractivity contribution in [1.29, 1.82) is 0 Å². The molecule has 0 saturated carbocycles. The average Bonchev–Trinajstić information content (AvgIpc) is 2.97. The van der Waals surface area contributed by atoms with Crippen LogP contribution in [0.15, 0.2) is 30.6 Å². The fourth-order valence-electron chi connectivity index (χ4n) is 3.11. The van der Waals surface area contributed by atoms with Crippen LogP contribution in [-0.2, 0) is 5.54 Å². The molecule has 1 saturated heterocycles. The molecular formula is C17H21N5O. The van der Waals surface area contributed by atoms with Gasteiger partial charge in [0.1, 0.15) is 11.4 Å². The predicted molar refractivity (Wildman–Crippen MR) is 88.2 cm³/mol. The second-order valence-electron chi connectivity index (χ2n) is 6.04. The number of pyridine rings is 1. The highest BCUT2D eigenvalue weighted by Crippen LogP contribution is 2.38. The van der Waals surface area contributed by atoms with Crippen molar-refractivity contribution < 1.29 is 4.79 Å². The van der Waals surface area contributed by atoms with Gasteiger partial charge < -0.3 is 10.2 Å². The monoisotopic (exact) mass is 311 g/mol. The summed E-state index contributed by atoms with van der Waals surface area (Å²) in [6.07, 6.45) is 5.09. The number of carbonyl (C=O) groups is 1. The van der Waals surface area contributed by atoms with Gasteiger partial charge in [0.25, 0.3) is 5.91 Å². The second-order valence-corrected chi connectivity index (χ2v) is 6.04. The van der Waals surface area contributed by atoms with Crippen LogP contribution in [0.4, 0.5) is 5.82 Å². The number of likely N-dealkylation sites (tertiary alicyclic amines) is 1. The number of aromatic nitrogens is 3. The van der Waals surface area contributed by atoms with Gasteiger partial charge in [-0.1, -0.05) is 0 Å². The molecule has 1 N–H and O–H groups in total. The third kappa shape index (κ3) is 2.76. The SMILES string of the molecule is CNc1cc(C)nc([C@@]2(C)CCCN2C(=O)c2ccncc2)n1. The molecule has 2 aromatic heterocycles. The Morgan fingerprint density at radius 1 is 1.30 bits per heavy atom. The second kappa shape index (κ2) is 5.95. The summed E-state index contributed by atoms with van der Waals surface area (Å²) in [7, 11) is 1.84. The standard InChI is InChI=1S/C17H21N5O/c1-12-11-14(18-3)21-16(20-12)17(2)7-4-10-22(17)15(23)13-5-8-19-9-6-13/h5-6,8-9,11H,4,7,10H2,1-3H3,(H,18,20,21)/t17-/m1/s1. The lowest BCUT2D eigenvalue weighted by atomic mass is 9.96. The van der Waals surface area contributed by atoms with Crippen molar-refractivity contribution in [3.63, 3.8) is 0 Å². The number of hydrogen-bond donors (Lipinski definition) is 1. The van der Waals surface area contributed by atoms with E-state index in [2.05, 4.69) is 20.3 Å². The summed E-state index contributed by atoms with van der Waals surface area (Å²) < 4.78 is 0. The van der Waals surface area contributed by atoms with Crippen LogP contribution in [0.2, 0.25) is 0 Å². The Hall–Kier alpha value is -2.50. The number of anilines is 1. The summed E-state index contributed by atoms with van der Waals surface area (Å²) in [6, 6.07) is 5.39. The highest BCUT2D eigenvalue weighted by atomic mass is 16.2. The summed E-state index contributed by atoms with van der Waals surface area (Å²) in [5, 5.41) is 3.06. The summed E-state index contributed by atoms with van der Waals surface area (Å²) in [4.78, 5) is 28.0. The normalized spacial score (nSPS) is 20.6. The minimum absolute atomic E-state index is 0.00325. The van der Waals surface area contributed by atoms with Gasteiger partial charge in [-0.25, -0.2) is 9.97 Å². The zero-order valence-corrected chi connectivity index (χ0v) is 13.7. The number of nitrogens with one attached hydrogen (secondary N) is 1. The van der Waals surface area contributed by atoms with Crippen molar-refractivity contribution in [1.82, 2.24) is 19.9 Å². The van der Waals surface area contributed by atoms with Crippen molar-refractivity contribution in [3.8, 4) is 0 Å². The molecule has 0 unspecified atom stereocenters. The van der Waals surface area contributed by atoms with E-state index in [1.54, 1.807) is 24.5 Å². The van der Waals surface area contributed by atoms with Gasteiger partial charge in [-0.15, -0.1) is 0 Å². The maximum atomic E-state index is 12.9. The van der Waals surface area contributed by atoms with E-state index >= 15 is 0 Å². The largest absolute Gasteiger partial charge is 0.373 e. The lowest BCUT2D eigenvalue weighted by Gasteiger charge is -2.34. The first-order chi connectivity index (χ1) is 11.0. The molecule has 1 atom stereocenters. The molecule has 23 heavy (non-hydrogen) atoms. The molecule has 2 aromatic rings. The van der Waals surface area contributed by atoms with Crippen LogP contribution >= 0.6 is 0 Å². The zero-order chi connectivity index (χ0) is 16.4. The van der Waals surface area contributed by atoms with Gasteiger partial charge in [0.15, 0.2) is 5.82 Å². The van der Waals surface area contributed by atoms with Crippen LogP contribution in [0.25, 0.3) is 0 Å². The fraction of sp³-hybridized carbons (Fsp3) is 0.412. The third-order valence-electron chi connectivity index (χ3n) is 4.41. The van der Waals surface area contributed by atoms with E-state index in [0.29, 0.717) is 17.9 Å². The van der Waals surface area contributed by atoms with E-state index in [-0.39, 0.29) is 5.91 Å². The highest BCUT2D eigenvalue weighted by molar-refractivity contribution is 5.94. The Morgan fingerprint density at radius 3 is 2.74 bits per heavy atom. The van der Waals surface area contributed by atoms with E-state index in [1.807, 2.05) is 31.9 Å². The summed E-state index contributed by atoms with van der Waals surface area (Å²) in [5.74, 6) is 1.47. The van der Waals surface area contributed by atoms with Crippen LogP contribution in [0.3, 0.4) is 0 Å². The van der Waals surface area contributed by atoms with E-state index in [9.17, 15) is 4.79 Å². The Kier molecular flexibility index (Phi) is 3.98. The average molecular weight is 311 g/mol. The first-order valence-corrected chi connectivity index (χ1v) is 7.80. The minimum atomic E-state index is -0.488. The highest BCUT2D eigenvalue weighted by Gasteiger charge is 2.43. The number of amides is 1. The van der Waals surface area contributed by atoms with Gasteiger partial charge in [0.2, 0.25) is 0 Å². The summed E-state index contributed by atoms with van der Waals surface area (Å²) >= 11 is 0. The molecule has 6 nitrogen and oxygen atoms in total. The number of rotatable bonds is 3. The van der Waals surface area contributed by atoms with Crippen LogP contribution in [0, 0.1) is 6.92 Å². The first kappa shape index (κ1) is 15.4. The van der Waals surface area contributed by atoms with Gasteiger partial charge in [-0.3, -0.25) is 9.78 Å². The number of carbonyl (C=O) groups excluding carboxylic acids is 1. The third-order valence-corrected chi connectivity index (χ3v) is 4.41. The van der Waals surface area contributed by atoms with E-state index in [0.717, 1.165) is 24.4 Å². The Morgan fingerprint density at radius 2 is 2.04 bits per heavy atom. The van der Waals surface area contributed by atoms with E-state index in [1.165, 1.54) is 0 Å². The minimum Gasteiger partial charge on any atom is -0.373 e. The van der Waals surface area contributed by atoms with Crippen molar-refractivity contribution in [3.05, 3.63) is 47.7 Å². The van der Waals surface area contributed by atoms with Crippen molar-refractivity contribution >= 4 is 11.7 Å². The molecule has 1 aliphatic heterocycles. The van der Waals surface area contributed by atoms with E-state index < -0.39 is 5.54 Å². The van der Waals surface area contributed by atoms with Gasteiger partial charge >= 0.3 is 0 Å². The molecule has 0 aliphatic carbocycles. The van der Waals surface area contributed by atoms with Gasteiger partial charge in [0, 0.05) is 43.3 Å². The summed E-state index contributed by atoms with van der Waals surface area (Å²) in [6.45, 7) is 4.70. The molecule has 0 aromatic carbocycles. The molecule has 6 heteroatoms. The fourth-order valence-corrected chi connectivity index (χ4v) is 3.11. The molecule has 0 radical (unpaired) electrons. The van der Waals surface area contributed by atoms with Crippen LogP contribution in [0.1, 0.15) is 41.6 Å². The maximum absolute atomic E-state index is 12.9. The molecule has 3 rings (SSSR count). The van der Waals surface area contributed by atoms with E-state index in [4.69, 9.17) is 0 Å². The molecule has 3 heterocycles. The molecular weight excluding hydrogens is 290 g/mol. The Balaban J connectivity index is 2.00. The molecule has 120 valence electrons. The number of hydrogen-bond acceptors (Lipinski definition) is 5. The summed E-state index contributed by atoms with van der Waals surface area (Å²) in [5.41, 5.74) is 1.05. The quantitative estimate of drug-likeness (QED) is 0.942. The van der Waals surface area contributed by atoms with Crippen molar-refractivity contribution in [2.45, 2.75) is 32.2 Å². The van der Waals surface area contributed by atoms with Gasteiger partial charge in [-0.2, -0.15) is 0 Å². The molecule has 1 fully saturated rings. The van der Waals surface area contributed by atoms with Crippen LogP contribution < -0.4 is 5.32 Å². The first-order valence-electron chi connectivity index (χ1n) is 7.80. The van der Waals surface area contributed by atoms with Gasteiger partial charge in [-0.05, 0) is 38.8 Å². The van der Waals surface area contributed by atoms with Gasteiger partial charge in [0.05, 0.1) is 0 Å². The van der Waals surface area contributed by atoms with Crippen molar-refractivity contribution in [2.75, 3.05) is 18.9 Å². The topological polar surface area (TPSA) is 71.0 Å². The lowest BCUT2D eigenvalue weighted by Crippen LogP contribution is -2.44. The zero-order valence-electron chi connectivity index (χ0n) is 13.7. The maximum Gasteiger partial charge on any atom is 0.254 e. The lowest BCUT2D eigenvalue weighted by molar-refractivity contribution is 0.0603. The Bertz CT molecular complexity index is 718. The van der Waals surface area contributed by atoms with Crippen molar-refractivity contribution in [2.24, 2.45) is 0 Å². The molecule has 1 amide bonds. The molecule has 1 aliphatic rings. The Labute approximate surface area is 136 Å². The predicted octanol–water partition coefficient (Wildman–Crippen LogP) is 2.37. The number of nitrogens with zero attached hydrogens (tertiary/aromatic N) is 4. The van der Waals surface area contributed by atoms with Crippen LogP contribution in [0.5, 0.6) is 0 Å². The van der Waals surface area contributed by atoms with Crippen LogP contribution in [-0.4, -0.2) is 39.4 Å². The smallest absolute Gasteiger partial charge is 0.254 e. The number of aryl methyl sites for hydroxylation is 1.